The molecule has 0 aromatic heterocycles. The van der Waals surface area contributed by atoms with Crippen LogP contribution >= 0.6 is 0 Å². The van der Waals surface area contributed by atoms with Gasteiger partial charge in [0.15, 0.2) is 11.6 Å². The summed E-state index contributed by atoms with van der Waals surface area (Å²) >= 11 is 0. The van der Waals surface area contributed by atoms with Crippen LogP contribution in [0.25, 0.3) is 0 Å². The lowest BCUT2D eigenvalue weighted by molar-refractivity contribution is -0.115. The van der Waals surface area contributed by atoms with Crippen molar-refractivity contribution in [2.24, 2.45) is 0 Å². The summed E-state index contributed by atoms with van der Waals surface area (Å²) in [5.41, 5.74) is 6.08. The Morgan fingerprint density at radius 1 is 0.833 bits per heavy atom. The van der Waals surface area contributed by atoms with Crippen LogP contribution in [0.5, 0.6) is 0 Å². The van der Waals surface area contributed by atoms with Crippen molar-refractivity contribution in [2.75, 3.05) is 0 Å². The van der Waals surface area contributed by atoms with E-state index in [4.69, 9.17) is 0 Å². The largest absolute Gasteiger partial charge is 0.294 e. The number of allylic oxidation sites excluding steroid dienone is 2. The van der Waals surface area contributed by atoms with Crippen LogP contribution in [0.2, 0.25) is 0 Å². The molecule has 2 aliphatic carbocycles. The zero-order valence-corrected chi connectivity index (χ0v) is 15.6. The fraction of sp³-hybridized carbons (Fsp3) is 0.545. The number of aryl methyl sites for hydroxylation is 1. The number of benzene rings is 1. The van der Waals surface area contributed by atoms with E-state index in [0.717, 1.165) is 43.2 Å². The Hall–Kier alpha value is -1.70. The smallest absolute Gasteiger partial charge is 0.196 e. The lowest BCUT2D eigenvalue weighted by atomic mass is 9.83. The third-order valence-electron chi connectivity index (χ3n) is 5.15. The molecule has 0 aliphatic heterocycles. The first kappa shape index (κ1) is 18.6. The van der Waals surface area contributed by atoms with Crippen LogP contribution in [0.1, 0.15) is 86.3 Å². The molecular formula is C22H30O2. The molecule has 0 N–H and O–H groups in total. The van der Waals surface area contributed by atoms with Crippen LogP contribution < -0.4 is 0 Å². The van der Waals surface area contributed by atoms with E-state index in [9.17, 15) is 9.59 Å². The van der Waals surface area contributed by atoms with Crippen molar-refractivity contribution in [1.29, 1.82) is 0 Å². The molecule has 2 heteroatoms. The average Bonchev–Trinajstić information content (AvgIpc) is 2.83. The number of rotatable bonds is 2. The van der Waals surface area contributed by atoms with E-state index in [-0.39, 0.29) is 11.6 Å². The molecule has 2 aliphatic rings. The van der Waals surface area contributed by atoms with E-state index in [1.807, 2.05) is 26.8 Å². The van der Waals surface area contributed by atoms with E-state index in [1.165, 1.54) is 29.5 Å². The van der Waals surface area contributed by atoms with Gasteiger partial charge >= 0.3 is 0 Å². The van der Waals surface area contributed by atoms with Crippen molar-refractivity contribution in [2.45, 2.75) is 79.1 Å². The van der Waals surface area contributed by atoms with E-state index < -0.39 is 0 Å². The van der Waals surface area contributed by atoms with Crippen molar-refractivity contribution in [3.05, 3.63) is 45.5 Å². The van der Waals surface area contributed by atoms with Gasteiger partial charge in [-0.1, -0.05) is 38.0 Å². The highest BCUT2D eigenvalue weighted by atomic mass is 16.1. The number of hydrogen-bond donors (Lipinski definition) is 0. The summed E-state index contributed by atoms with van der Waals surface area (Å²) < 4.78 is 0. The topological polar surface area (TPSA) is 34.1 Å². The molecule has 0 unspecified atom stereocenters. The van der Waals surface area contributed by atoms with Gasteiger partial charge in [0.2, 0.25) is 0 Å². The number of Topliss-reactive ketones (excluding diaryl/α,β-unsaturated/α-hetero) is 2. The maximum Gasteiger partial charge on any atom is 0.196 e. The first-order chi connectivity index (χ1) is 11.6. The third-order valence-corrected chi connectivity index (χ3v) is 5.15. The lowest BCUT2D eigenvalue weighted by Crippen LogP contribution is -2.20. The molecule has 3 rings (SSSR count). The summed E-state index contributed by atoms with van der Waals surface area (Å²) in [6, 6.07) is 4.00. The van der Waals surface area contributed by atoms with Crippen molar-refractivity contribution in [3.8, 4) is 0 Å². The normalized spacial score (nSPS) is 17.6. The van der Waals surface area contributed by atoms with Gasteiger partial charge < -0.3 is 0 Å². The Morgan fingerprint density at radius 3 is 2.17 bits per heavy atom. The second-order valence-corrected chi connectivity index (χ2v) is 6.71. The zero-order chi connectivity index (χ0) is 17.7. The maximum atomic E-state index is 13.0. The number of ketones is 2. The highest BCUT2D eigenvalue weighted by molar-refractivity contribution is 6.27. The second kappa shape index (κ2) is 8.41. The summed E-state index contributed by atoms with van der Waals surface area (Å²) in [5.74, 6) is 0.0112. The van der Waals surface area contributed by atoms with Crippen molar-refractivity contribution >= 4 is 11.6 Å². The van der Waals surface area contributed by atoms with Crippen LogP contribution in [0.4, 0.5) is 0 Å². The zero-order valence-electron chi connectivity index (χ0n) is 15.6. The molecule has 24 heavy (non-hydrogen) atoms. The first-order valence-corrected chi connectivity index (χ1v) is 9.48. The van der Waals surface area contributed by atoms with E-state index in [2.05, 4.69) is 13.0 Å². The number of carbonyl (C=O) groups is 2. The molecule has 0 heterocycles. The van der Waals surface area contributed by atoms with E-state index in [1.54, 1.807) is 0 Å². The van der Waals surface area contributed by atoms with Gasteiger partial charge in [0.1, 0.15) is 0 Å². The van der Waals surface area contributed by atoms with Gasteiger partial charge in [-0.3, -0.25) is 9.59 Å². The number of hydrogen-bond acceptors (Lipinski definition) is 2. The summed E-state index contributed by atoms with van der Waals surface area (Å²) in [5, 5.41) is 0. The minimum absolute atomic E-state index is 0.0275. The SMILES string of the molecule is CC.CC1=C(C(=O)c2ccc(C)c3c2CCCCC3)C(=O)CCC1. The maximum absolute atomic E-state index is 13.0. The molecule has 0 spiro atoms. The fourth-order valence-corrected chi connectivity index (χ4v) is 3.89. The van der Waals surface area contributed by atoms with Gasteiger partial charge in [-0.2, -0.15) is 0 Å². The second-order valence-electron chi connectivity index (χ2n) is 6.71. The Labute approximate surface area is 146 Å². The van der Waals surface area contributed by atoms with Gasteiger partial charge in [0, 0.05) is 12.0 Å². The van der Waals surface area contributed by atoms with Crippen LogP contribution in [0.15, 0.2) is 23.3 Å². The average molecular weight is 326 g/mol. The molecule has 0 saturated carbocycles. The molecule has 2 nitrogen and oxygen atoms in total. The molecule has 0 fully saturated rings. The molecule has 0 radical (unpaired) electrons. The molecular weight excluding hydrogens is 296 g/mol. The summed E-state index contributed by atoms with van der Waals surface area (Å²) in [6.45, 7) is 8.08. The molecule has 1 aromatic carbocycles. The van der Waals surface area contributed by atoms with Crippen LogP contribution in [0, 0.1) is 6.92 Å². The van der Waals surface area contributed by atoms with Crippen LogP contribution in [-0.2, 0) is 17.6 Å². The minimum Gasteiger partial charge on any atom is -0.294 e. The Bertz CT molecular complexity index is 665. The Balaban J connectivity index is 0.00000100. The number of carbonyl (C=O) groups excluding carboxylic acids is 2. The monoisotopic (exact) mass is 326 g/mol. The highest BCUT2D eigenvalue weighted by Crippen LogP contribution is 2.31. The molecule has 0 saturated heterocycles. The van der Waals surface area contributed by atoms with Crippen molar-refractivity contribution in [1.82, 2.24) is 0 Å². The molecule has 0 atom stereocenters. The van der Waals surface area contributed by atoms with Crippen molar-refractivity contribution in [3.63, 3.8) is 0 Å². The van der Waals surface area contributed by atoms with Crippen LogP contribution in [0.3, 0.4) is 0 Å². The standard InChI is InChI=1S/C20H24O2.C2H6/c1-13-11-12-17(16-9-5-3-4-8-15(13)16)20(22)19-14(2)7-6-10-18(19)21;1-2/h11-12H,3-10H2,1-2H3;1-2H3. The fourth-order valence-electron chi connectivity index (χ4n) is 3.89. The van der Waals surface area contributed by atoms with Gasteiger partial charge in [-0.15, -0.1) is 0 Å². The summed E-state index contributed by atoms with van der Waals surface area (Å²) in [7, 11) is 0. The predicted molar refractivity (Wildman–Crippen MR) is 99.7 cm³/mol. The summed E-state index contributed by atoms with van der Waals surface area (Å²) in [4.78, 5) is 25.3. The Morgan fingerprint density at radius 2 is 1.50 bits per heavy atom. The third kappa shape index (κ3) is 3.68. The minimum atomic E-state index is -0.0275. The van der Waals surface area contributed by atoms with Gasteiger partial charge in [-0.25, -0.2) is 0 Å². The van der Waals surface area contributed by atoms with Gasteiger partial charge in [-0.05, 0) is 69.1 Å². The lowest BCUT2D eigenvalue weighted by Gasteiger charge is -2.19. The molecule has 0 bridgehead atoms. The van der Waals surface area contributed by atoms with Crippen molar-refractivity contribution < 1.29 is 9.59 Å². The Kier molecular flexibility index (Phi) is 6.53. The van der Waals surface area contributed by atoms with E-state index >= 15 is 0 Å². The first-order valence-electron chi connectivity index (χ1n) is 9.48. The van der Waals surface area contributed by atoms with E-state index in [0.29, 0.717) is 12.0 Å². The van der Waals surface area contributed by atoms with Gasteiger partial charge in [0.05, 0.1) is 5.57 Å². The molecule has 0 amide bonds. The van der Waals surface area contributed by atoms with Crippen LogP contribution in [-0.4, -0.2) is 11.6 Å². The number of fused-ring (bicyclic) bond motifs is 1. The quantitative estimate of drug-likeness (QED) is 0.406. The summed E-state index contributed by atoms with van der Waals surface area (Å²) in [6.07, 6.45) is 7.88. The molecule has 130 valence electrons. The molecule has 1 aromatic rings. The predicted octanol–water partition coefficient (Wildman–Crippen LogP) is 5.54. The highest BCUT2D eigenvalue weighted by Gasteiger charge is 2.28. The van der Waals surface area contributed by atoms with Gasteiger partial charge in [0.25, 0.3) is 0 Å².